The molecule has 0 heterocycles. The molecule has 0 rings (SSSR count). The fourth-order valence-corrected chi connectivity index (χ4v) is 1.96. The van der Waals surface area contributed by atoms with Gasteiger partial charge in [0.05, 0.1) is 9.05 Å². The maximum atomic E-state index is 10.1. The van der Waals surface area contributed by atoms with Gasteiger partial charge in [-0.25, -0.2) is 4.21 Å². The summed E-state index contributed by atoms with van der Waals surface area (Å²) in [5.41, 5.74) is 0. The third kappa shape index (κ3) is 20.4. The molecular formula is C5H12NNa2O3S2+. The molecule has 4 nitrogen and oxygen atoms in total. The van der Waals surface area contributed by atoms with Crippen LogP contribution in [0.25, 0.3) is 0 Å². The third-order valence-corrected chi connectivity index (χ3v) is 3.09. The molecule has 68 valence electrons. The second kappa shape index (κ2) is 10.8. The Morgan fingerprint density at radius 3 is 2.08 bits per heavy atom. The minimum absolute atomic E-state index is 0. The van der Waals surface area contributed by atoms with E-state index in [0.717, 1.165) is 13.0 Å². The van der Waals surface area contributed by atoms with Crippen molar-refractivity contribution in [3.8, 4) is 0 Å². The first-order chi connectivity index (χ1) is 4.92. The molecular weight excluding hydrogens is 232 g/mol. The molecule has 0 radical (unpaired) electrons. The molecule has 0 saturated carbocycles. The van der Waals surface area contributed by atoms with Crippen LogP contribution in [0.1, 0.15) is 6.42 Å². The molecule has 0 aliphatic carbocycles. The van der Waals surface area contributed by atoms with Crippen molar-refractivity contribution in [1.29, 1.82) is 0 Å². The maximum Gasteiger partial charge on any atom is 1.00 e. The van der Waals surface area contributed by atoms with E-state index in [9.17, 15) is 13.3 Å². The van der Waals surface area contributed by atoms with Gasteiger partial charge in [0.15, 0.2) is 5.75 Å². The molecule has 0 bridgehead atoms. The smallest absolute Gasteiger partial charge is 0.746 e. The molecule has 0 aliphatic heterocycles. The van der Waals surface area contributed by atoms with Crippen LogP contribution in [-0.2, 0) is 19.4 Å². The quantitative estimate of drug-likeness (QED) is 0.280. The Hall–Kier alpha value is 2.25. The minimum Gasteiger partial charge on any atom is -0.746 e. The monoisotopic (exact) mass is 244 g/mol. The van der Waals surface area contributed by atoms with Crippen molar-refractivity contribution in [2.45, 2.75) is 6.42 Å². The summed E-state index contributed by atoms with van der Waals surface area (Å²) in [5, 5.41) is 0. The second-order valence-electron chi connectivity index (χ2n) is 2.39. The molecule has 0 N–H and O–H groups in total. The van der Waals surface area contributed by atoms with Gasteiger partial charge in [-0.2, -0.15) is 0 Å². The minimum atomic E-state index is -4.07. The molecule has 0 aromatic rings. The van der Waals surface area contributed by atoms with Gasteiger partial charge in [-0.1, -0.05) is 0 Å². The molecule has 13 heavy (non-hydrogen) atoms. The van der Waals surface area contributed by atoms with Gasteiger partial charge in [-0.3, -0.25) is 0 Å². The summed E-state index contributed by atoms with van der Waals surface area (Å²) in [7, 11) is 0.190. The van der Waals surface area contributed by atoms with Gasteiger partial charge >= 0.3 is 59.1 Å². The van der Waals surface area contributed by atoms with E-state index in [1.54, 1.807) is 0 Å². The summed E-state index contributed by atoms with van der Waals surface area (Å²) in [5.74, 6) is 0.379. The number of hydrogen-bond acceptors (Lipinski definition) is 4. The van der Waals surface area contributed by atoms with Crippen LogP contribution in [0.15, 0.2) is 0 Å². The molecule has 0 aliphatic rings. The van der Waals surface area contributed by atoms with Crippen LogP contribution >= 0.6 is 0 Å². The standard InChI is InChI=1S/C5H13NO3S2.2Na/c1-6(2)4-3-5-10-11(7,8)9;;/h3-5H2,1-2H3,(H-,7,8,9);;/q;2*+1/p-1. The first kappa shape index (κ1) is 20.6. The molecule has 0 unspecified atom stereocenters. The van der Waals surface area contributed by atoms with Crippen LogP contribution in [0.5, 0.6) is 0 Å². The Morgan fingerprint density at radius 1 is 1.31 bits per heavy atom. The molecule has 0 atom stereocenters. The van der Waals surface area contributed by atoms with Crippen molar-refractivity contribution in [3.05, 3.63) is 0 Å². The number of hydrogen-bond donors (Lipinski definition) is 0. The fraction of sp³-hybridized carbons (Fsp3) is 1.00. The van der Waals surface area contributed by atoms with Gasteiger partial charge in [0.1, 0.15) is 0 Å². The topological polar surface area (TPSA) is 66.4 Å². The van der Waals surface area contributed by atoms with Gasteiger partial charge in [-0.05, 0) is 14.1 Å². The zero-order valence-corrected chi connectivity index (χ0v) is 14.2. The summed E-state index contributed by atoms with van der Waals surface area (Å²) in [4.78, 5) is 1.94. The molecule has 0 aromatic heterocycles. The molecule has 0 fully saturated rings. The summed E-state index contributed by atoms with van der Waals surface area (Å²) in [6.45, 7) is 0.808. The first-order valence-electron chi connectivity index (χ1n) is 3.17. The summed E-state index contributed by atoms with van der Waals surface area (Å²) in [6, 6.07) is 0. The van der Waals surface area contributed by atoms with Gasteiger partial charge in [0.25, 0.3) is 0 Å². The van der Waals surface area contributed by atoms with Crippen molar-refractivity contribution in [1.82, 2.24) is 4.90 Å². The van der Waals surface area contributed by atoms with Crippen LogP contribution < -0.4 is 59.1 Å². The van der Waals surface area contributed by atoms with E-state index in [1.807, 2.05) is 19.0 Å². The predicted octanol–water partition coefficient (Wildman–Crippen LogP) is -6.51. The van der Waals surface area contributed by atoms with E-state index < -0.39 is 9.05 Å². The Kier molecular flexibility index (Phi) is 17.1. The van der Waals surface area contributed by atoms with Crippen molar-refractivity contribution < 1.29 is 72.4 Å². The van der Waals surface area contributed by atoms with E-state index in [4.69, 9.17) is 0 Å². The van der Waals surface area contributed by atoms with Gasteiger partial charge < -0.3 is 14.0 Å². The summed E-state index contributed by atoms with van der Waals surface area (Å²) in [6.07, 6.45) is 0.721. The average molecular weight is 244 g/mol. The zero-order chi connectivity index (χ0) is 8.91. The van der Waals surface area contributed by atoms with Gasteiger partial charge in [-0.15, -0.1) is 0 Å². The molecule has 0 spiro atoms. The predicted molar refractivity (Wildman–Crippen MR) is 45.1 cm³/mol. The van der Waals surface area contributed by atoms with Crippen LogP contribution in [0.4, 0.5) is 0 Å². The van der Waals surface area contributed by atoms with Crippen LogP contribution in [0.3, 0.4) is 0 Å². The number of rotatable bonds is 4. The summed E-state index contributed by atoms with van der Waals surface area (Å²) < 4.78 is 30.2. The second-order valence-corrected chi connectivity index (χ2v) is 5.78. The normalized spacial score (nSPS) is 10.2. The van der Waals surface area contributed by atoms with E-state index in [2.05, 4.69) is 0 Å². The maximum absolute atomic E-state index is 10.1. The molecule has 0 saturated heterocycles. The van der Waals surface area contributed by atoms with Crippen molar-refractivity contribution in [3.63, 3.8) is 0 Å². The van der Waals surface area contributed by atoms with Crippen LogP contribution in [0, 0.1) is 0 Å². The Morgan fingerprint density at radius 2 is 1.77 bits per heavy atom. The van der Waals surface area contributed by atoms with E-state index >= 15 is 0 Å². The average Bonchev–Trinajstić information content (AvgIpc) is 1.78. The fourth-order valence-electron chi connectivity index (χ4n) is 0.542. The molecule has 8 heteroatoms. The van der Waals surface area contributed by atoms with Crippen molar-refractivity contribution in [2.24, 2.45) is 0 Å². The largest absolute Gasteiger partial charge is 1.00 e. The van der Waals surface area contributed by atoms with Gasteiger partial charge in [0.2, 0.25) is 10.3 Å². The van der Waals surface area contributed by atoms with Crippen molar-refractivity contribution in [2.75, 3.05) is 26.4 Å². The van der Waals surface area contributed by atoms with Crippen molar-refractivity contribution >= 4 is 19.4 Å². The number of nitrogens with zero attached hydrogens (tertiary/aromatic N) is 1. The van der Waals surface area contributed by atoms with E-state index in [1.165, 1.54) is 0 Å². The zero-order valence-electron chi connectivity index (χ0n) is 8.61. The van der Waals surface area contributed by atoms with Crippen LogP contribution in [-0.4, -0.2) is 44.6 Å². The van der Waals surface area contributed by atoms with Gasteiger partial charge in [0, 0.05) is 13.0 Å². The van der Waals surface area contributed by atoms with E-state index in [-0.39, 0.29) is 59.1 Å². The Labute approximate surface area is 128 Å². The SMILES string of the molecule is CN(C)CCC[S+]=S(=O)([O-])[O-].[Na+].[Na+]. The first-order valence-corrected chi connectivity index (χ1v) is 6.08. The molecule has 0 aromatic carbocycles. The third-order valence-electron chi connectivity index (χ3n) is 0.977. The Balaban J connectivity index is -0.000000500. The van der Waals surface area contributed by atoms with E-state index in [0.29, 0.717) is 16.1 Å². The molecule has 0 amide bonds. The Bertz CT molecular complexity index is 208. The van der Waals surface area contributed by atoms with Crippen LogP contribution in [0.2, 0.25) is 0 Å². The summed E-state index contributed by atoms with van der Waals surface area (Å²) >= 11 is 0.